The third-order valence-corrected chi connectivity index (χ3v) is 26.9. The number of rotatable bonds is 6. The van der Waals surface area contributed by atoms with Crippen LogP contribution in [0.25, 0.3) is 144 Å². The van der Waals surface area contributed by atoms with Gasteiger partial charge in [0.1, 0.15) is 0 Å². The summed E-state index contributed by atoms with van der Waals surface area (Å²) in [5, 5.41) is 6.38. The molecule has 16 aromatic carbocycles. The lowest BCUT2D eigenvalue weighted by molar-refractivity contribution is 0.567. The number of hydrogen-bond acceptors (Lipinski definition) is 2. The lowest BCUT2D eigenvalue weighted by atomic mass is 9.34. The van der Waals surface area contributed by atoms with Crippen LogP contribution in [-0.2, 0) is 37.9 Å². The smallest absolute Gasteiger partial charge is 0.249 e. The molecular formula is C124H119BN4. The fourth-order valence-corrected chi connectivity index (χ4v) is 19.2. The molecule has 1 N–H and O–H groups in total. The molecule has 0 spiro atoms. The first kappa shape index (κ1) is 70.8. The molecule has 3 aliphatic heterocycles. The van der Waals surface area contributed by atoms with Gasteiger partial charge >= 0.3 is 0 Å². The lowest BCUT2D eigenvalue weighted by Crippen LogP contribution is -2.58. The fourth-order valence-electron chi connectivity index (χ4n) is 19.2. The van der Waals surface area contributed by atoms with Crippen molar-refractivity contribution in [2.45, 2.75) is 183 Å². The quantitative estimate of drug-likeness (QED) is 0.168. The molecule has 18 aromatic rings. The Morgan fingerprint density at radius 1 is 0.248 bits per heavy atom. The van der Waals surface area contributed by atoms with E-state index in [-0.39, 0.29) is 48.9 Å². The van der Waals surface area contributed by atoms with Crippen molar-refractivity contribution in [3.63, 3.8) is 0 Å². The van der Waals surface area contributed by atoms with E-state index in [0.29, 0.717) is 11.4 Å². The molecule has 0 fully saturated rings. The molecule has 0 saturated heterocycles. The predicted molar refractivity (Wildman–Crippen MR) is 559 cm³/mol. The number of hydrogen-bond donors (Lipinski definition) is 1. The SMILES string of the molecule is [2H]c1c([2H])c([2H])c(-c2c([2H])c([2H])c3c(c2[2H])c2c([2H])c([2H])c([2H])c([2H])c2n3-c2ccc3c(c2)N2c4cc(C(C)(C)C)ccc4B3c3ccc(-c4cc(C(C)(C)C)cc(C(C)(C)C)c4)cc3Nc3c(-c4ccccc4)cc(C(C)(C)C)cc3-c3cccc(c3)-c3ccc4c(c3)c3cc(ccc3n4-c3cc(C(C)(C)C)cc(C(C)(C)C)c3)-c3cccc(c3)-c3cc(C(C)(C)C)cc(-c4ccccc4)c32)c([2H])c1[2H]. The minimum atomic E-state index is -0.705. The number of para-hydroxylation sites is 1. The summed E-state index contributed by atoms with van der Waals surface area (Å²) in [5.74, 6) is 0. The summed E-state index contributed by atoms with van der Waals surface area (Å²) < 4.78 is 120. The molecule has 0 saturated carbocycles. The Hall–Kier alpha value is -13.2. The second kappa shape index (κ2) is 30.8. The van der Waals surface area contributed by atoms with Crippen LogP contribution in [0.5, 0.6) is 0 Å². The number of fused-ring (bicyclic) bond motifs is 3. The maximum Gasteiger partial charge on any atom is 0.249 e. The van der Waals surface area contributed by atoms with E-state index < -0.39 is 101 Å². The highest BCUT2D eigenvalue weighted by atomic mass is 15.2. The minimum absolute atomic E-state index is 0.0927. The zero-order chi connectivity index (χ0) is 101. The van der Waals surface area contributed by atoms with Gasteiger partial charge in [0.05, 0.1) is 49.9 Å². The maximum atomic E-state index is 10.6. The van der Waals surface area contributed by atoms with Gasteiger partial charge in [-0.05, 0) is 275 Å². The molecular weight excluding hydrogens is 1560 g/mol. The van der Waals surface area contributed by atoms with Gasteiger partial charge in [-0.15, -0.1) is 0 Å². The minimum Gasteiger partial charge on any atom is -0.355 e. The van der Waals surface area contributed by atoms with Crippen LogP contribution >= 0.6 is 0 Å². The Bertz CT molecular complexity index is 8230. The number of aromatic nitrogens is 2. The Morgan fingerprint density at radius 2 is 0.667 bits per heavy atom. The van der Waals surface area contributed by atoms with Crippen LogP contribution in [0.4, 0.5) is 28.4 Å². The van der Waals surface area contributed by atoms with E-state index in [1.165, 1.54) is 22.3 Å². The van der Waals surface area contributed by atoms with E-state index in [2.05, 4.69) is 409 Å². The summed E-state index contributed by atoms with van der Waals surface area (Å²) in [5.41, 5.74) is 29.0. The molecule has 0 amide bonds. The topological polar surface area (TPSA) is 25.1 Å². The van der Waals surface area contributed by atoms with Gasteiger partial charge in [0.2, 0.25) is 6.71 Å². The summed E-state index contributed by atoms with van der Waals surface area (Å²) in [6.45, 7) is 47.2. The summed E-state index contributed by atoms with van der Waals surface area (Å²) in [7, 11) is 0. The predicted octanol–water partition coefficient (Wildman–Crippen LogP) is 32.7. The summed E-state index contributed by atoms with van der Waals surface area (Å²) in [4.78, 5) is 2.43. The van der Waals surface area contributed by atoms with Gasteiger partial charge in [-0.25, -0.2) is 0 Å². The molecule has 0 atom stereocenters. The molecule has 4 nitrogen and oxygen atoms in total. The second-order valence-corrected chi connectivity index (χ2v) is 43.1. The first-order chi connectivity index (χ1) is 66.3. The molecule has 0 aliphatic carbocycles. The van der Waals surface area contributed by atoms with Gasteiger partial charge in [0, 0.05) is 72.2 Å². The van der Waals surface area contributed by atoms with Crippen molar-refractivity contribution in [2.75, 3.05) is 10.2 Å². The molecule has 5 heterocycles. The average Bonchev–Trinajstić information content (AvgIpc) is 1.60. The molecule has 0 unspecified atom stereocenters. The van der Waals surface area contributed by atoms with Crippen LogP contribution in [-0.4, -0.2) is 15.8 Å². The third kappa shape index (κ3) is 15.2. The summed E-state index contributed by atoms with van der Waals surface area (Å²) >= 11 is 0. The zero-order valence-electron chi connectivity index (χ0n) is 90.2. The van der Waals surface area contributed by atoms with Crippen molar-refractivity contribution in [3.05, 3.63) is 372 Å². The highest BCUT2D eigenvalue weighted by molar-refractivity contribution is 6.99. The van der Waals surface area contributed by atoms with E-state index in [1.807, 2.05) is 12.1 Å². The van der Waals surface area contributed by atoms with Crippen LogP contribution in [0.2, 0.25) is 0 Å². The summed E-state index contributed by atoms with van der Waals surface area (Å²) in [6.07, 6.45) is 0. The summed E-state index contributed by atoms with van der Waals surface area (Å²) in [6, 6.07) is 89.9. The standard InChI is InChI=1S/C124H119BN4/c1-118(2,3)89-51-54-107-114(75-89)129-115-76-96(127-110-46-32-31-45-98(110)103-63-82(48-56-111(103)127)77-35-25-22-26-36-77)52-55-108(115)125(107)106-53-47-85(88-61-90(119(4,5)6)67-91(62-88)120(7,8)9)66-109(106)126-116-99(78-37-27-23-28-38-78)71-94(123(16,17)18)72-100(116)86-43-33-41-80(59-86)83-49-57-112-104(64-83)105-65-84(50-58-113(105)128(112)97-69-92(121(10,11)12)68-93(70-97)122(13,14)15)81-42-34-44-87(60-81)102-74-95(124(19,20)21)73-101(117(102)129)79-39-29-24-30-40-79/h22-76,126H,1-21H3/i22D,25D,26D,31D,32D,35D,36D,45D,46D,48D,56D,63D. The Kier molecular flexibility index (Phi) is 16.9. The van der Waals surface area contributed by atoms with Gasteiger partial charge in [-0.1, -0.05) is 364 Å². The van der Waals surface area contributed by atoms with Crippen molar-refractivity contribution < 1.29 is 16.4 Å². The lowest BCUT2D eigenvalue weighted by Gasteiger charge is -2.41. The largest absolute Gasteiger partial charge is 0.355 e. The van der Waals surface area contributed by atoms with Crippen LogP contribution in [0.15, 0.2) is 333 Å². The molecule has 129 heavy (non-hydrogen) atoms. The molecule has 5 heteroatoms. The van der Waals surface area contributed by atoms with Gasteiger partial charge < -0.3 is 19.4 Å². The Labute approximate surface area is 782 Å². The molecule has 638 valence electrons. The first-order valence-corrected chi connectivity index (χ1v) is 45.6. The zero-order valence-corrected chi connectivity index (χ0v) is 78.2. The normalized spacial score (nSPS) is 14.5. The molecule has 2 aromatic heterocycles. The molecule has 0 radical (unpaired) electrons. The molecule has 21 rings (SSSR count). The van der Waals surface area contributed by atoms with Crippen molar-refractivity contribution in [2.24, 2.45) is 0 Å². The second-order valence-electron chi connectivity index (χ2n) is 43.1. The van der Waals surface area contributed by atoms with Gasteiger partial charge in [0.25, 0.3) is 0 Å². The van der Waals surface area contributed by atoms with Crippen LogP contribution in [0, 0.1) is 0 Å². The van der Waals surface area contributed by atoms with E-state index in [9.17, 15) is 12.3 Å². The van der Waals surface area contributed by atoms with Gasteiger partial charge in [-0.3, -0.25) is 0 Å². The average molecular weight is 1690 g/mol. The van der Waals surface area contributed by atoms with Crippen molar-refractivity contribution in [3.8, 4) is 100 Å². The number of anilines is 5. The third-order valence-electron chi connectivity index (χ3n) is 26.9. The van der Waals surface area contributed by atoms with Crippen LogP contribution in [0.1, 0.15) is 201 Å². The van der Waals surface area contributed by atoms with E-state index in [1.54, 1.807) is 4.57 Å². The Balaban J connectivity index is 0.989. The monoisotopic (exact) mass is 1690 g/mol. The number of nitrogens with zero attached hydrogens (tertiary/aromatic N) is 3. The van der Waals surface area contributed by atoms with Crippen molar-refractivity contribution in [1.82, 2.24) is 9.13 Å². The highest BCUT2D eigenvalue weighted by Gasteiger charge is 2.41. The Morgan fingerprint density at radius 3 is 1.22 bits per heavy atom. The fraction of sp³-hybridized carbons (Fsp3) is 0.226. The van der Waals surface area contributed by atoms with Crippen LogP contribution < -0.4 is 26.6 Å². The van der Waals surface area contributed by atoms with Crippen molar-refractivity contribution >= 4 is 95.1 Å². The highest BCUT2D eigenvalue weighted by Crippen LogP contribution is 2.54. The van der Waals surface area contributed by atoms with Gasteiger partial charge in [0.15, 0.2) is 0 Å². The molecule has 10 bridgehead atoms. The van der Waals surface area contributed by atoms with E-state index >= 15 is 0 Å². The number of nitrogens with one attached hydrogen (secondary N) is 1. The van der Waals surface area contributed by atoms with E-state index in [4.69, 9.17) is 4.11 Å². The first-order valence-electron chi connectivity index (χ1n) is 51.6. The maximum absolute atomic E-state index is 10.6. The van der Waals surface area contributed by atoms with Gasteiger partial charge in [-0.2, -0.15) is 0 Å². The van der Waals surface area contributed by atoms with Crippen LogP contribution in [0.3, 0.4) is 0 Å². The van der Waals surface area contributed by atoms with Crippen molar-refractivity contribution in [1.29, 1.82) is 0 Å². The molecule has 3 aliphatic rings. The number of benzene rings is 16. The van der Waals surface area contributed by atoms with E-state index in [0.717, 1.165) is 161 Å².